The molecule has 1 amide bonds. The first-order valence-electron chi connectivity index (χ1n) is 8.73. The standard InChI is InChI=1S/C18H14N6O7S/c1-11-15(23(26)27)9-12(10-16(11)24(28)29)17(25)21-13-3-5-14(6-4-13)32(30,31)22-18-19-7-2-8-20-18/h2-10H,1H3,(H,21,25)(H,19,20,22). The van der Waals surface area contributed by atoms with Gasteiger partial charge in [0, 0.05) is 30.2 Å². The van der Waals surface area contributed by atoms with Gasteiger partial charge in [-0.25, -0.2) is 23.1 Å². The van der Waals surface area contributed by atoms with Crippen LogP contribution in [0.5, 0.6) is 0 Å². The molecular weight excluding hydrogens is 444 g/mol. The molecule has 0 radical (unpaired) electrons. The van der Waals surface area contributed by atoms with Crippen LogP contribution in [0.3, 0.4) is 0 Å². The Balaban J connectivity index is 1.82. The molecule has 0 aliphatic carbocycles. The molecule has 32 heavy (non-hydrogen) atoms. The van der Waals surface area contributed by atoms with E-state index in [1.54, 1.807) is 0 Å². The fraction of sp³-hybridized carbons (Fsp3) is 0.0556. The molecule has 2 aromatic carbocycles. The van der Waals surface area contributed by atoms with Crippen LogP contribution < -0.4 is 10.0 Å². The van der Waals surface area contributed by atoms with Gasteiger partial charge in [0.1, 0.15) is 5.56 Å². The topological polar surface area (TPSA) is 187 Å². The minimum absolute atomic E-state index is 0.118. The molecule has 1 heterocycles. The molecule has 0 saturated carbocycles. The van der Waals surface area contributed by atoms with Gasteiger partial charge in [-0.15, -0.1) is 0 Å². The van der Waals surface area contributed by atoms with Crippen molar-refractivity contribution in [1.29, 1.82) is 0 Å². The lowest BCUT2D eigenvalue weighted by molar-refractivity contribution is -0.395. The Hall–Kier alpha value is -4.46. The maximum atomic E-state index is 12.5. The van der Waals surface area contributed by atoms with Crippen molar-refractivity contribution in [3.05, 3.63) is 86.2 Å². The van der Waals surface area contributed by atoms with Gasteiger partial charge in [0.05, 0.1) is 20.3 Å². The summed E-state index contributed by atoms with van der Waals surface area (Å²) in [6.07, 6.45) is 2.73. The second-order valence-corrected chi connectivity index (χ2v) is 7.99. The molecule has 0 unspecified atom stereocenters. The minimum Gasteiger partial charge on any atom is -0.322 e. The first-order valence-corrected chi connectivity index (χ1v) is 10.2. The summed E-state index contributed by atoms with van der Waals surface area (Å²) in [6, 6.07) is 8.37. The zero-order valence-electron chi connectivity index (χ0n) is 16.3. The van der Waals surface area contributed by atoms with Gasteiger partial charge in [-0.1, -0.05) is 0 Å². The summed E-state index contributed by atoms with van der Waals surface area (Å²) >= 11 is 0. The molecule has 3 aromatic rings. The van der Waals surface area contributed by atoms with Crippen molar-refractivity contribution in [3.8, 4) is 0 Å². The van der Waals surface area contributed by atoms with Crippen molar-refractivity contribution in [2.45, 2.75) is 11.8 Å². The molecule has 0 spiro atoms. The molecule has 0 bridgehead atoms. The normalized spacial score (nSPS) is 10.9. The zero-order chi connectivity index (χ0) is 23.5. The van der Waals surface area contributed by atoms with Gasteiger partial charge in [0.2, 0.25) is 5.95 Å². The number of carbonyl (C=O) groups is 1. The molecule has 0 aliphatic heterocycles. The van der Waals surface area contributed by atoms with Gasteiger partial charge in [-0.2, -0.15) is 0 Å². The van der Waals surface area contributed by atoms with Crippen molar-refractivity contribution < 1.29 is 23.1 Å². The zero-order valence-corrected chi connectivity index (χ0v) is 17.1. The average Bonchev–Trinajstić information content (AvgIpc) is 2.74. The van der Waals surface area contributed by atoms with E-state index in [-0.39, 0.29) is 27.7 Å². The number of rotatable bonds is 7. The van der Waals surface area contributed by atoms with Gasteiger partial charge in [-0.05, 0) is 37.3 Å². The number of carbonyl (C=O) groups excluding carboxylic acids is 1. The van der Waals surface area contributed by atoms with Gasteiger partial charge in [0.15, 0.2) is 0 Å². The van der Waals surface area contributed by atoms with Crippen molar-refractivity contribution in [3.63, 3.8) is 0 Å². The van der Waals surface area contributed by atoms with E-state index in [4.69, 9.17) is 0 Å². The molecule has 0 aliphatic rings. The second-order valence-electron chi connectivity index (χ2n) is 6.31. The van der Waals surface area contributed by atoms with Gasteiger partial charge < -0.3 is 5.32 Å². The number of aromatic nitrogens is 2. The molecule has 14 heteroatoms. The number of nitro groups is 2. The van der Waals surface area contributed by atoms with E-state index in [0.29, 0.717) is 0 Å². The Bertz CT molecular complexity index is 1280. The lowest BCUT2D eigenvalue weighted by atomic mass is 10.1. The predicted molar refractivity (Wildman–Crippen MR) is 112 cm³/mol. The summed E-state index contributed by atoms with van der Waals surface area (Å²) in [6.45, 7) is 1.21. The highest BCUT2D eigenvalue weighted by molar-refractivity contribution is 7.92. The summed E-state index contributed by atoms with van der Waals surface area (Å²) in [5.41, 5.74) is -1.45. The number of amides is 1. The number of anilines is 2. The number of nitro benzene ring substituents is 2. The summed E-state index contributed by atoms with van der Waals surface area (Å²) in [5.74, 6) is -0.963. The number of benzene rings is 2. The molecule has 164 valence electrons. The summed E-state index contributed by atoms with van der Waals surface area (Å²) in [4.78, 5) is 40.6. The fourth-order valence-corrected chi connectivity index (χ4v) is 3.60. The molecule has 2 N–H and O–H groups in total. The van der Waals surface area contributed by atoms with E-state index in [9.17, 15) is 33.4 Å². The van der Waals surface area contributed by atoms with Crippen molar-refractivity contribution in [1.82, 2.24) is 9.97 Å². The van der Waals surface area contributed by atoms with E-state index in [1.807, 2.05) is 0 Å². The van der Waals surface area contributed by atoms with Crippen LogP contribution in [-0.4, -0.2) is 34.1 Å². The molecule has 13 nitrogen and oxygen atoms in total. The SMILES string of the molecule is Cc1c([N+](=O)[O-])cc(C(=O)Nc2ccc(S(=O)(=O)Nc3ncccn3)cc2)cc1[N+](=O)[O-]. The Labute approximate surface area is 180 Å². The third kappa shape index (κ3) is 4.81. The molecule has 0 atom stereocenters. The second kappa shape index (κ2) is 8.73. The van der Waals surface area contributed by atoms with E-state index >= 15 is 0 Å². The third-order valence-electron chi connectivity index (χ3n) is 4.22. The first-order chi connectivity index (χ1) is 15.1. The Morgan fingerprint density at radius 2 is 1.50 bits per heavy atom. The number of hydrogen-bond donors (Lipinski definition) is 2. The first kappa shape index (κ1) is 22.2. The van der Waals surface area contributed by atoms with Gasteiger partial charge >= 0.3 is 0 Å². The minimum atomic E-state index is -3.98. The highest BCUT2D eigenvalue weighted by atomic mass is 32.2. The van der Waals surface area contributed by atoms with Crippen molar-refractivity contribution >= 4 is 38.9 Å². The fourth-order valence-electron chi connectivity index (χ4n) is 2.65. The molecule has 1 aromatic heterocycles. The maximum Gasteiger partial charge on any atom is 0.279 e. The van der Waals surface area contributed by atoms with E-state index in [2.05, 4.69) is 20.0 Å². The van der Waals surface area contributed by atoms with Crippen LogP contribution in [0.15, 0.2) is 59.8 Å². The number of hydrogen-bond acceptors (Lipinski definition) is 9. The van der Waals surface area contributed by atoms with Crippen molar-refractivity contribution in [2.75, 3.05) is 10.0 Å². The Morgan fingerprint density at radius 3 is 2.00 bits per heavy atom. The van der Waals surface area contributed by atoms with Crippen LogP contribution in [0.4, 0.5) is 23.0 Å². The lowest BCUT2D eigenvalue weighted by Gasteiger charge is -2.09. The predicted octanol–water partition coefficient (Wildman–Crippen LogP) is 2.65. The van der Waals surface area contributed by atoms with Gasteiger partial charge in [0.25, 0.3) is 27.3 Å². The highest BCUT2D eigenvalue weighted by Gasteiger charge is 2.25. The van der Waals surface area contributed by atoms with E-state index in [1.165, 1.54) is 49.6 Å². The Morgan fingerprint density at radius 1 is 0.969 bits per heavy atom. The number of nitrogens with zero attached hydrogens (tertiary/aromatic N) is 4. The van der Waals surface area contributed by atoms with Crippen molar-refractivity contribution in [2.24, 2.45) is 0 Å². The number of sulfonamides is 1. The van der Waals surface area contributed by atoms with Crippen LogP contribution in [0.25, 0.3) is 0 Å². The van der Waals surface area contributed by atoms with Crippen LogP contribution in [0.1, 0.15) is 15.9 Å². The van der Waals surface area contributed by atoms with Crippen LogP contribution in [0.2, 0.25) is 0 Å². The smallest absolute Gasteiger partial charge is 0.279 e. The van der Waals surface area contributed by atoms with Crippen LogP contribution in [-0.2, 0) is 10.0 Å². The average molecular weight is 458 g/mol. The highest BCUT2D eigenvalue weighted by Crippen LogP contribution is 2.29. The van der Waals surface area contributed by atoms with Crippen LogP contribution in [0, 0.1) is 27.2 Å². The van der Waals surface area contributed by atoms with E-state index in [0.717, 1.165) is 12.1 Å². The third-order valence-corrected chi connectivity index (χ3v) is 5.57. The Kier molecular flexibility index (Phi) is 6.06. The summed E-state index contributed by atoms with van der Waals surface area (Å²) in [5, 5.41) is 24.8. The van der Waals surface area contributed by atoms with Gasteiger partial charge in [-0.3, -0.25) is 25.0 Å². The largest absolute Gasteiger partial charge is 0.322 e. The molecule has 0 fully saturated rings. The molecule has 0 saturated heterocycles. The summed E-state index contributed by atoms with van der Waals surface area (Å²) in [7, 11) is -3.98. The van der Waals surface area contributed by atoms with E-state index < -0.39 is 37.2 Å². The summed E-state index contributed by atoms with van der Waals surface area (Å²) < 4.78 is 27.0. The molecule has 3 rings (SSSR count). The molecular formula is C18H14N6O7S. The number of nitrogens with one attached hydrogen (secondary N) is 2. The lowest BCUT2D eigenvalue weighted by Crippen LogP contribution is -2.15. The quantitative estimate of drug-likeness (QED) is 0.396. The monoisotopic (exact) mass is 458 g/mol. The van der Waals surface area contributed by atoms with Crippen LogP contribution >= 0.6 is 0 Å². The maximum absolute atomic E-state index is 12.5.